The Morgan fingerprint density at radius 1 is 1.32 bits per heavy atom. The molecule has 0 amide bonds. The van der Waals surface area contributed by atoms with E-state index in [2.05, 4.69) is 21.9 Å². The van der Waals surface area contributed by atoms with Crippen molar-refractivity contribution in [3.05, 3.63) is 46.0 Å². The minimum Gasteiger partial charge on any atom is -0.305 e. The van der Waals surface area contributed by atoms with Gasteiger partial charge in [-0.15, -0.1) is 0 Å². The standard InChI is InChI=1S/C15H19N3O/c1-4-7-11-13(10(2)3)15(19)18-14(17-11)12-8-5-6-9-16-12/h5-6,8-10H,4,7H2,1-3H3,(H,17,18,19). The lowest BCUT2D eigenvalue weighted by Gasteiger charge is -2.11. The number of hydrogen-bond donors (Lipinski definition) is 1. The molecule has 1 N–H and O–H groups in total. The van der Waals surface area contributed by atoms with Crippen LogP contribution in [0.3, 0.4) is 0 Å². The summed E-state index contributed by atoms with van der Waals surface area (Å²) in [6, 6.07) is 5.58. The third kappa shape index (κ3) is 2.89. The largest absolute Gasteiger partial charge is 0.305 e. The lowest BCUT2D eigenvalue weighted by atomic mass is 10.0. The molecule has 0 aromatic carbocycles. The summed E-state index contributed by atoms with van der Waals surface area (Å²) in [5.74, 6) is 0.731. The highest BCUT2D eigenvalue weighted by Gasteiger charge is 2.15. The Morgan fingerprint density at radius 3 is 2.68 bits per heavy atom. The number of hydrogen-bond acceptors (Lipinski definition) is 3. The summed E-state index contributed by atoms with van der Waals surface area (Å²) < 4.78 is 0. The molecule has 2 rings (SSSR count). The van der Waals surface area contributed by atoms with E-state index in [9.17, 15) is 4.79 Å². The molecule has 0 atom stereocenters. The first-order valence-corrected chi connectivity index (χ1v) is 6.68. The molecule has 0 aliphatic heterocycles. The SMILES string of the molecule is CCCc1nc(-c2ccccn2)[nH]c(=O)c1C(C)C. The molecule has 0 fully saturated rings. The van der Waals surface area contributed by atoms with Gasteiger partial charge in [-0.05, 0) is 24.5 Å². The van der Waals surface area contributed by atoms with E-state index in [1.807, 2.05) is 32.0 Å². The quantitative estimate of drug-likeness (QED) is 0.916. The molecular formula is C15H19N3O. The Balaban J connectivity index is 2.58. The first-order chi connectivity index (χ1) is 9.13. The number of nitrogens with one attached hydrogen (secondary N) is 1. The second kappa shape index (κ2) is 5.78. The smallest absolute Gasteiger partial charge is 0.254 e. The molecule has 0 radical (unpaired) electrons. The van der Waals surface area contributed by atoms with E-state index in [0.29, 0.717) is 11.5 Å². The van der Waals surface area contributed by atoms with Crippen LogP contribution in [0.2, 0.25) is 0 Å². The molecular weight excluding hydrogens is 238 g/mol. The van der Waals surface area contributed by atoms with E-state index in [0.717, 1.165) is 24.1 Å². The van der Waals surface area contributed by atoms with E-state index in [1.165, 1.54) is 0 Å². The molecule has 0 aliphatic carbocycles. The van der Waals surface area contributed by atoms with Crippen molar-refractivity contribution in [2.75, 3.05) is 0 Å². The van der Waals surface area contributed by atoms with E-state index < -0.39 is 0 Å². The number of rotatable bonds is 4. The third-order valence-electron chi connectivity index (χ3n) is 3.01. The van der Waals surface area contributed by atoms with Crippen LogP contribution >= 0.6 is 0 Å². The summed E-state index contributed by atoms with van der Waals surface area (Å²) in [7, 11) is 0. The van der Waals surface area contributed by atoms with E-state index in [4.69, 9.17) is 0 Å². The van der Waals surface area contributed by atoms with E-state index in [1.54, 1.807) is 6.20 Å². The zero-order valence-electron chi connectivity index (χ0n) is 11.6. The molecule has 2 aromatic heterocycles. The van der Waals surface area contributed by atoms with Crippen LogP contribution in [0.15, 0.2) is 29.2 Å². The van der Waals surface area contributed by atoms with E-state index >= 15 is 0 Å². The first kappa shape index (κ1) is 13.5. The maximum absolute atomic E-state index is 12.2. The molecule has 4 heteroatoms. The average Bonchev–Trinajstić information content (AvgIpc) is 2.39. The minimum atomic E-state index is -0.0471. The molecule has 2 heterocycles. The third-order valence-corrected chi connectivity index (χ3v) is 3.01. The molecule has 19 heavy (non-hydrogen) atoms. The van der Waals surface area contributed by atoms with Gasteiger partial charge in [-0.25, -0.2) is 4.98 Å². The van der Waals surface area contributed by atoms with Crippen molar-refractivity contribution < 1.29 is 0 Å². The summed E-state index contributed by atoms with van der Waals surface area (Å²) in [5.41, 5.74) is 2.34. The summed E-state index contributed by atoms with van der Waals surface area (Å²) in [5, 5.41) is 0. The second-order valence-corrected chi connectivity index (χ2v) is 4.89. The van der Waals surface area contributed by atoms with Gasteiger partial charge in [-0.3, -0.25) is 9.78 Å². The van der Waals surface area contributed by atoms with Crippen molar-refractivity contribution in [3.8, 4) is 11.5 Å². The Morgan fingerprint density at radius 2 is 2.11 bits per heavy atom. The molecule has 0 saturated heterocycles. The topological polar surface area (TPSA) is 58.6 Å². The van der Waals surface area contributed by atoms with Gasteiger partial charge in [0.1, 0.15) is 5.69 Å². The molecule has 0 aliphatic rings. The molecule has 0 spiro atoms. The number of H-pyrrole nitrogens is 1. The van der Waals surface area contributed by atoms with Crippen molar-refractivity contribution in [1.82, 2.24) is 15.0 Å². The number of aromatic nitrogens is 3. The summed E-state index contributed by atoms with van der Waals surface area (Å²) in [6.07, 6.45) is 3.49. The van der Waals surface area contributed by atoms with Gasteiger partial charge in [-0.2, -0.15) is 0 Å². The predicted molar refractivity (Wildman–Crippen MR) is 76.2 cm³/mol. The monoisotopic (exact) mass is 257 g/mol. The van der Waals surface area contributed by atoms with Crippen LogP contribution in [0.5, 0.6) is 0 Å². The molecule has 0 unspecified atom stereocenters. The summed E-state index contributed by atoms with van der Waals surface area (Å²) >= 11 is 0. The maximum Gasteiger partial charge on any atom is 0.254 e. The highest BCUT2D eigenvalue weighted by atomic mass is 16.1. The van der Waals surface area contributed by atoms with Crippen LogP contribution in [0.25, 0.3) is 11.5 Å². The Hall–Kier alpha value is -1.97. The van der Waals surface area contributed by atoms with Gasteiger partial charge in [0, 0.05) is 11.8 Å². The molecule has 0 saturated carbocycles. The summed E-state index contributed by atoms with van der Waals surface area (Å²) in [6.45, 7) is 6.13. The zero-order valence-corrected chi connectivity index (χ0v) is 11.6. The fraction of sp³-hybridized carbons (Fsp3) is 0.400. The minimum absolute atomic E-state index is 0.0471. The van der Waals surface area contributed by atoms with Gasteiger partial charge in [-0.1, -0.05) is 33.3 Å². The number of aryl methyl sites for hydroxylation is 1. The highest BCUT2D eigenvalue weighted by molar-refractivity contribution is 5.49. The average molecular weight is 257 g/mol. The van der Waals surface area contributed by atoms with Gasteiger partial charge in [0.15, 0.2) is 5.82 Å². The van der Waals surface area contributed by atoms with Gasteiger partial charge in [0.05, 0.1) is 5.69 Å². The van der Waals surface area contributed by atoms with Crippen LogP contribution in [0.4, 0.5) is 0 Å². The van der Waals surface area contributed by atoms with Crippen molar-refractivity contribution in [2.24, 2.45) is 0 Å². The fourth-order valence-corrected chi connectivity index (χ4v) is 2.18. The Kier molecular flexibility index (Phi) is 4.10. The maximum atomic E-state index is 12.2. The summed E-state index contributed by atoms with van der Waals surface area (Å²) in [4.78, 5) is 23.9. The zero-order chi connectivity index (χ0) is 13.8. The number of nitrogens with zero attached hydrogens (tertiary/aromatic N) is 2. The van der Waals surface area contributed by atoms with Gasteiger partial charge < -0.3 is 4.98 Å². The number of pyridine rings is 1. The van der Waals surface area contributed by atoms with Crippen molar-refractivity contribution >= 4 is 0 Å². The van der Waals surface area contributed by atoms with Crippen LogP contribution < -0.4 is 5.56 Å². The van der Waals surface area contributed by atoms with Gasteiger partial charge >= 0.3 is 0 Å². The predicted octanol–water partition coefficient (Wildman–Crippen LogP) is 2.91. The Labute approximate surface area is 112 Å². The second-order valence-electron chi connectivity index (χ2n) is 4.89. The van der Waals surface area contributed by atoms with Gasteiger partial charge in [0.25, 0.3) is 5.56 Å². The van der Waals surface area contributed by atoms with Crippen LogP contribution in [-0.4, -0.2) is 15.0 Å². The van der Waals surface area contributed by atoms with Gasteiger partial charge in [0.2, 0.25) is 0 Å². The van der Waals surface area contributed by atoms with Crippen LogP contribution in [-0.2, 0) is 6.42 Å². The van der Waals surface area contributed by atoms with E-state index in [-0.39, 0.29) is 11.5 Å². The van der Waals surface area contributed by atoms with Crippen molar-refractivity contribution in [1.29, 1.82) is 0 Å². The van der Waals surface area contributed by atoms with Crippen molar-refractivity contribution in [3.63, 3.8) is 0 Å². The molecule has 2 aromatic rings. The van der Waals surface area contributed by atoms with Crippen LogP contribution in [0, 0.1) is 0 Å². The fourth-order valence-electron chi connectivity index (χ4n) is 2.18. The highest BCUT2D eigenvalue weighted by Crippen LogP contribution is 2.18. The molecule has 100 valence electrons. The number of aromatic amines is 1. The lowest BCUT2D eigenvalue weighted by molar-refractivity contribution is 0.770. The first-order valence-electron chi connectivity index (χ1n) is 6.68. The Bertz CT molecular complexity index is 603. The van der Waals surface area contributed by atoms with Crippen molar-refractivity contribution in [2.45, 2.75) is 39.5 Å². The molecule has 0 bridgehead atoms. The van der Waals surface area contributed by atoms with Crippen LogP contribution in [0.1, 0.15) is 44.4 Å². The normalized spacial score (nSPS) is 10.9. The molecule has 4 nitrogen and oxygen atoms in total. The lowest BCUT2D eigenvalue weighted by Crippen LogP contribution is -2.20.